The molecule has 0 radical (unpaired) electrons. The van der Waals surface area contributed by atoms with Gasteiger partial charge in [0.25, 0.3) is 5.91 Å². The minimum atomic E-state index is -1.33. The van der Waals surface area contributed by atoms with Crippen LogP contribution in [0.25, 0.3) is 20.2 Å². The van der Waals surface area contributed by atoms with Crippen molar-refractivity contribution in [3.05, 3.63) is 124 Å². The first-order valence-corrected chi connectivity index (χ1v) is 17.8. The van der Waals surface area contributed by atoms with Gasteiger partial charge in [-0.3, -0.25) is 14.4 Å². The topological polar surface area (TPSA) is 185 Å². The Hall–Kier alpha value is -5.18. The predicted octanol–water partition coefficient (Wildman–Crippen LogP) is 8.32. The number of fused-ring (bicyclic) bond motifs is 2. The summed E-state index contributed by atoms with van der Waals surface area (Å²) in [6.07, 6.45) is 0. The van der Waals surface area contributed by atoms with Crippen molar-refractivity contribution in [2.45, 2.75) is 13.2 Å². The first-order valence-electron chi connectivity index (χ1n) is 14.6. The Labute approximate surface area is 323 Å². The van der Waals surface area contributed by atoms with Gasteiger partial charge < -0.3 is 31.8 Å². The summed E-state index contributed by atoms with van der Waals surface area (Å²) in [5.74, 6) is -11.6. The van der Waals surface area contributed by atoms with Gasteiger partial charge in [0.2, 0.25) is 11.8 Å². The van der Waals surface area contributed by atoms with Gasteiger partial charge in [0.15, 0.2) is 34.8 Å². The molecule has 2 aromatic heterocycles. The van der Waals surface area contributed by atoms with Crippen LogP contribution in [0.1, 0.15) is 51.2 Å². The number of hydrogen-bond donors (Lipinski definition) is 4. The van der Waals surface area contributed by atoms with Gasteiger partial charge >= 0.3 is 5.97 Å². The molecule has 0 fully saturated rings. The SMILES string of the molecule is NC(=O)c1cc(F)c(OCc2c(C(=O)O)sc3c(F)ccc(Br)c23)c(F)c1.NC(=O)c1cc(F)c(OCc2c(C(N)=O)sc3c(F)ccc(Br)c23)c(F)c1. The van der Waals surface area contributed by atoms with E-state index in [1.165, 1.54) is 24.3 Å². The van der Waals surface area contributed by atoms with Crippen molar-refractivity contribution in [2.75, 3.05) is 0 Å². The molecule has 6 aromatic rings. The molecule has 0 aliphatic heterocycles. The van der Waals surface area contributed by atoms with Crippen LogP contribution in [0.5, 0.6) is 11.5 Å². The second-order valence-corrected chi connectivity index (χ2v) is 14.5. The summed E-state index contributed by atoms with van der Waals surface area (Å²) in [7, 11) is 0. The van der Waals surface area contributed by atoms with Gasteiger partial charge in [0, 0.05) is 42.0 Å². The maximum Gasteiger partial charge on any atom is 0.346 e. The second kappa shape index (κ2) is 16.0. The molecule has 0 atom stereocenters. The molecule has 7 N–H and O–H groups in total. The largest absolute Gasteiger partial charge is 0.483 e. The average molecular weight is 919 g/mol. The van der Waals surface area contributed by atoms with Crippen molar-refractivity contribution in [2.24, 2.45) is 17.2 Å². The summed E-state index contributed by atoms with van der Waals surface area (Å²) >= 11 is 7.98. The number of carbonyl (C=O) groups is 4. The van der Waals surface area contributed by atoms with Crippen LogP contribution in [0.4, 0.5) is 26.3 Å². The number of carbonyl (C=O) groups excluding carboxylic acids is 3. The molecule has 0 aliphatic rings. The highest BCUT2D eigenvalue weighted by Gasteiger charge is 2.25. The molecule has 0 aliphatic carbocycles. The van der Waals surface area contributed by atoms with E-state index in [4.69, 9.17) is 26.7 Å². The van der Waals surface area contributed by atoms with E-state index in [9.17, 15) is 50.6 Å². The zero-order chi connectivity index (χ0) is 39.8. The molecule has 3 amide bonds. The maximum absolute atomic E-state index is 14.1. The van der Waals surface area contributed by atoms with E-state index in [2.05, 4.69) is 31.9 Å². The standard InChI is InChI=1S/C17H10BrF3N2O3S.C17H9BrF3NO4S/c18-8-1-2-9(19)15-12(8)7(14(27-15)17(23)25)5-26-13-10(20)3-6(16(22)24)4-11(13)21;18-8-1-2-9(19)15-12(8)7(14(27-15)17(24)25)5-26-13-10(20)3-6(16(22)23)4-11(13)21/h1-4H,5H2,(H2,22,24)(H2,23,25);1-4H,5H2,(H2,22,23)(H,24,25). The first-order chi connectivity index (χ1) is 25.4. The number of aromatic carboxylic acids is 1. The molecule has 54 heavy (non-hydrogen) atoms. The van der Waals surface area contributed by atoms with Gasteiger partial charge in [-0.25, -0.2) is 31.1 Å². The molecule has 4 aromatic carbocycles. The van der Waals surface area contributed by atoms with Gasteiger partial charge in [-0.1, -0.05) is 31.9 Å². The number of thiophene rings is 2. The number of ether oxygens (including phenoxy) is 2. The van der Waals surface area contributed by atoms with Crippen LogP contribution in [-0.4, -0.2) is 28.8 Å². The number of rotatable bonds is 10. The van der Waals surface area contributed by atoms with Gasteiger partial charge in [0.1, 0.15) is 29.7 Å². The molecule has 0 spiro atoms. The molecule has 0 unspecified atom stereocenters. The molecule has 280 valence electrons. The van der Waals surface area contributed by atoms with E-state index in [0.29, 0.717) is 37.8 Å². The third kappa shape index (κ3) is 8.00. The number of primary amides is 3. The lowest BCUT2D eigenvalue weighted by molar-refractivity contribution is 0.0698. The second-order valence-electron chi connectivity index (χ2n) is 10.8. The van der Waals surface area contributed by atoms with Gasteiger partial charge in [0.05, 0.1) is 14.3 Å². The van der Waals surface area contributed by atoms with Crippen molar-refractivity contribution in [3.63, 3.8) is 0 Å². The Bertz CT molecular complexity index is 2330. The highest BCUT2D eigenvalue weighted by atomic mass is 79.9. The lowest BCUT2D eigenvalue weighted by Gasteiger charge is -2.10. The third-order valence-corrected chi connectivity index (χ3v) is 11.2. The number of nitrogens with two attached hydrogens (primary N) is 3. The Balaban J connectivity index is 0.000000208. The number of halogens is 8. The van der Waals surface area contributed by atoms with E-state index in [0.717, 1.165) is 23.5 Å². The molecular formula is C34H19Br2F6N3O7S2. The zero-order valence-electron chi connectivity index (χ0n) is 26.5. The van der Waals surface area contributed by atoms with Crippen molar-refractivity contribution < 1.29 is 60.1 Å². The molecule has 20 heteroatoms. The molecule has 0 bridgehead atoms. The predicted molar refractivity (Wildman–Crippen MR) is 193 cm³/mol. The van der Waals surface area contributed by atoms with Crippen molar-refractivity contribution in [1.82, 2.24) is 0 Å². The van der Waals surface area contributed by atoms with Gasteiger partial charge in [-0.05, 0) is 48.5 Å². The number of benzene rings is 4. The third-order valence-electron chi connectivity index (χ3n) is 7.38. The van der Waals surface area contributed by atoms with Crippen molar-refractivity contribution >= 4 is 98.4 Å². The molecule has 2 heterocycles. The van der Waals surface area contributed by atoms with Crippen LogP contribution in [0.2, 0.25) is 0 Å². The molecular weight excluding hydrogens is 900 g/mol. The van der Waals surface area contributed by atoms with E-state index >= 15 is 0 Å². The van der Waals surface area contributed by atoms with Crippen LogP contribution >= 0.6 is 54.5 Å². The van der Waals surface area contributed by atoms with Crippen LogP contribution < -0.4 is 26.7 Å². The zero-order valence-corrected chi connectivity index (χ0v) is 31.3. The summed E-state index contributed by atoms with van der Waals surface area (Å²) in [6, 6.07) is 8.08. The monoisotopic (exact) mass is 917 g/mol. The summed E-state index contributed by atoms with van der Waals surface area (Å²) in [5.41, 5.74) is 14.8. The minimum Gasteiger partial charge on any atom is -0.483 e. The number of carboxylic acid groups (broad SMARTS) is 1. The Morgan fingerprint density at radius 1 is 0.574 bits per heavy atom. The van der Waals surface area contributed by atoms with Gasteiger partial charge in [-0.15, -0.1) is 22.7 Å². The van der Waals surface area contributed by atoms with E-state index < -0.39 is 83.3 Å². The molecule has 6 rings (SSSR count). The van der Waals surface area contributed by atoms with Gasteiger partial charge in [-0.2, -0.15) is 0 Å². The highest BCUT2D eigenvalue weighted by Crippen LogP contribution is 2.40. The molecule has 0 saturated carbocycles. The average Bonchev–Trinajstić information content (AvgIpc) is 3.69. The van der Waals surface area contributed by atoms with E-state index in [1.807, 2.05) is 0 Å². The fourth-order valence-corrected chi connectivity index (χ4v) is 8.57. The lowest BCUT2D eigenvalue weighted by Crippen LogP contribution is -2.14. The lowest BCUT2D eigenvalue weighted by atomic mass is 10.1. The minimum absolute atomic E-state index is 0.00497. The van der Waals surface area contributed by atoms with Crippen LogP contribution in [0.15, 0.2) is 57.5 Å². The van der Waals surface area contributed by atoms with Crippen LogP contribution in [-0.2, 0) is 13.2 Å². The summed E-state index contributed by atoms with van der Waals surface area (Å²) in [4.78, 5) is 45.1. The summed E-state index contributed by atoms with van der Waals surface area (Å²) in [5, 5.41) is 9.94. The van der Waals surface area contributed by atoms with E-state index in [-0.39, 0.29) is 46.8 Å². The Morgan fingerprint density at radius 3 is 1.26 bits per heavy atom. The maximum atomic E-state index is 14.1. The highest BCUT2D eigenvalue weighted by molar-refractivity contribution is 9.11. The van der Waals surface area contributed by atoms with E-state index in [1.54, 1.807) is 0 Å². The Morgan fingerprint density at radius 2 is 0.926 bits per heavy atom. The smallest absolute Gasteiger partial charge is 0.346 e. The van der Waals surface area contributed by atoms with Crippen LogP contribution in [0, 0.1) is 34.9 Å². The normalized spacial score (nSPS) is 11.0. The fraction of sp³-hybridized carbons (Fsp3) is 0.0588. The van der Waals surface area contributed by atoms with Crippen molar-refractivity contribution in [1.29, 1.82) is 0 Å². The summed E-state index contributed by atoms with van der Waals surface area (Å²) < 4.78 is 95.8. The van der Waals surface area contributed by atoms with Crippen molar-refractivity contribution in [3.8, 4) is 11.5 Å². The molecule has 0 saturated heterocycles. The first kappa shape index (κ1) is 40.0. The fourth-order valence-electron chi connectivity index (χ4n) is 5.00. The number of carboxylic acids is 1. The summed E-state index contributed by atoms with van der Waals surface area (Å²) in [6.45, 7) is -0.989. The van der Waals surface area contributed by atoms with Crippen LogP contribution in [0.3, 0.4) is 0 Å². The quantitative estimate of drug-likeness (QED) is 0.0996. The number of hydrogen-bond acceptors (Lipinski definition) is 8. The molecule has 10 nitrogen and oxygen atoms in total. The number of amides is 3. The Kier molecular flexibility index (Phi) is 11.9.